The molecule has 0 atom stereocenters. The number of thioether (sulfide) groups is 1. The maximum absolute atomic E-state index is 13.7. The second-order valence-electron chi connectivity index (χ2n) is 8.18. The summed E-state index contributed by atoms with van der Waals surface area (Å²) in [6.07, 6.45) is 4.94. The van der Waals surface area contributed by atoms with Gasteiger partial charge in [-0.15, -0.1) is 11.8 Å². The van der Waals surface area contributed by atoms with Crippen LogP contribution >= 0.6 is 11.8 Å². The molecule has 0 saturated carbocycles. The molecule has 0 unspecified atom stereocenters. The average molecular weight is 513 g/mol. The predicted octanol–water partition coefficient (Wildman–Crippen LogP) is 3.92. The summed E-state index contributed by atoms with van der Waals surface area (Å²) in [5.41, 5.74) is 0.0208. The van der Waals surface area contributed by atoms with Crippen LogP contribution in [-0.4, -0.2) is 54.7 Å². The molecule has 1 aromatic heterocycles. The molecule has 5 nitrogen and oxygen atoms in total. The van der Waals surface area contributed by atoms with Gasteiger partial charge in [0.1, 0.15) is 6.33 Å². The highest BCUT2D eigenvalue weighted by Gasteiger charge is 2.35. The highest BCUT2D eigenvalue weighted by molar-refractivity contribution is 7.98. The van der Waals surface area contributed by atoms with Gasteiger partial charge in [-0.05, 0) is 44.7 Å². The van der Waals surface area contributed by atoms with Crippen LogP contribution in [0, 0.1) is 0 Å². The molecule has 0 saturated heterocycles. The summed E-state index contributed by atoms with van der Waals surface area (Å²) >= 11 is 1.66. The van der Waals surface area contributed by atoms with E-state index in [9.17, 15) is 22.4 Å². The molecular weight excluding hydrogens is 480 g/mol. The lowest BCUT2D eigenvalue weighted by atomic mass is 9.99. The van der Waals surface area contributed by atoms with Crippen molar-refractivity contribution in [3.63, 3.8) is 0 Å². The number of carbonyl (C=O) groups is 1. The molecule has 0 aromatic carbocycles. The molecule has 0 radical (unpaired) electrons. The number of aromatic nitrogens is 1. The summed E-state index contributed by atoms with van der Waals surface area (Å²) in [4.78, 5) is 17.7. The van der Waals surface area contributed by atoms with Gasteiger partial charge in [-0.25, -0.2) is 9.37 Å². The van der Waals surface area contributed by atoms with Gasteiger partial charge in [-0.2, -0.15) is 13.2 Å². The predicted molar refractivity (Wildman–Crippen MR) is 136 cm³/mol. The van der Waals surface area contributed by atoms with E-state index in [0.29, 0.717) is 66.1 Å². The monoisotopic (exact) mass is 512 g/mol. The molecule has 1 aromatic rings. The molecule has 192 valence electrons. The Kier molecular flexibility index (Phi) is 11.0. The van der Waals surface area contributed by atoms with Gasteiger partial charge < -0.3 is 10.6 Å². The minimum atomic E-state index is -4.65. The summed E-state index contributed by atoms with van der Waals surface area (Å²) in [6, 6.07) is 1.69. The van der Waals surface area contributed by atoms with Gasteiger partial charge in [0.25, 0.3) is 0 Å². The lowest BCUT2D eigenvalue weighted by Gasteiger charge is -2.20. The van der Waals surface area contributed by atoms with E-state index >= 15 is 0 Å². The number of fused-ring (bicyclic) bond motifs is 1. The molecule has 1 heterocycles. The molecule has 0 spiro atoms. The third kappa shape index (κ3) is 8.54. The van der Waals surface area contributed by atoms with Gasteiger partial charge in [-0.3, -0.25) is 9.69 Å². The smallest absolute Gasteiger partial charge is 0.360 e. The minimum Gasteiger partial charge on any atom is -0.360 e. The fourth-order valence-electron chi connectivity index (χ4n) is 3.58. The van der Waals surface area contributed by atoms with Crippen molar-refractivity contribution in [2.24, 2.45) is 0 Å². The highest BCUT2D eigenvalue weighted by atomic mass is 32.2. The number of hydrogen-bond acceptors (Lipinski definition) is 5. The van der Waals surface area contributed by atoms with Crippen molar-refractivity contribution in [2.45, 2.75) is 38.3 Å². The fraction of sp³-hybridized carbons (Fsp3) is 0.440. The number of carbonyl (C=O) groups excluding carboxylic acids is 1. The molecule has 35 heavy (non-hydrogen) atoms. The third-order valence-corrected chi connectivity index (χ3v) is 6.13. The summed E-state index contributed by atoms with van der Waals surface area (Å²) in [7, 11) is 3.47. The van der Waals surface area contributed by atoms with E-state index in [0.717, 1.165) is 5.88 Å². The number of alkyl halides is 3. The van der Waals surface area contributed by atoms with Crippen molar-refractivity contribution in [1.82, 2.24) is 20.5 Å². The van der Waals surface area contributed by atoms with Crippen LogP contribution < -0.4 is 21.1 Å². The first-order chi connectivity index (χ1) is 16.6. The SMILES string of the molecule is C=C(c1nc(/C=C/CCC(=O)NC)cc2c1=CCCC=2N/C(=C\F)CCN(C)CSC)C(F)(F)F. The number of amides is 1. The van der Waals surface area contributed by atoms with Gasteiger partial charge in [0, 0.05) is 54.1 Å². The third-order valence-electron chi connectivity index (χ3n) is 5.44. The van der Waals surface area contributed by atoms with Crippen molar-refractivity contribution in [2.75, 3.05) is 32.8 Å². The number of halogens is 4. The van der Waals surface area contributed by atoms with Crippen molar-refractivity contribution in [1.29, 1.82) is 0 Å². The molecule has 1 aliphatic rings. The molecule has 10 heteroatoms. The number of nitrogens with one attached hydrogen (secondary N) is 2. The topological polar surface area (TPSA) is 57.3 Å². The number of rotatable bonds is 12. The minimum absolute atomic E-state index is 0.137. The Morgan fingerprint density at radius 3 is 2.71 bits per heavy atom. The van der Waals surface area contributed by atoms with E-state index in [1.165, 1.54) is 7.05 Å². The van der Waals surface area contributed by atoms with Crippen LogP contribution in [0.2, 0.25) is 0 Å². The largest absolute Gasteiger partial charge is 0.417 e. The second kappa shape index (κ2) is 13.5. The maximum atomic E-state index is 13.7. The Bertz CT molecular complexity index is 1100. The van der Waals surface area contributed by atoms with Gasteiger partial charge >= 0.3 is 6.18 Å². The van der Waals surface area contributed by atoms with E-state index in [2.05, 4.69) is 27.1 Å². The van der Waals surface area contributed by atoms with Crippen LogP contribution in [0.4, 0.5) is 17.6 Å². The summed E-state index contributed by atoms with van der Waals surface area (Å²) in [5.74, 6) is 0.667. The van der Waals surface area contributed by atoms with E-state index in [4.69, 9.17) is 0 Å². The van der Waals surface area contributed by atoms with Crippen LogP contribution in [0.3, 0.4) is 0 Å². The van der Waals surface area contributed by atoms with E-state index in [1.807, 2.05) is 13.3 Å². The highest BCUT2D eigenvalue weighted by Crippen LogP contribution is 2.30. The summed E-state index contributed by atoms with van der Waals surface area (Å²) in [5, 5.41) is 6.50. The molecule has 1 amide bonds. The second-order valence-corrected chi connectivity index (χ2v) is 9.01. The zero-order chi connectivity index (χ0) is 26.0. The Morgan fingerprint density at radius 2 is 2.09 bits per heavy atom. The normalized spacial score (nSPS) is 14.2. The average Bonchev–Trinajstić information content (AvgIpc) is 2.83. The first kappa shape index (κ1) is 28.6. The molecule has 2 N–H and O–H groups in total. The van der Waals surface area contributed by atoms with Crippen molar-refractivity contribution >= 4 is 41.1 Å². The summed E-state index contributed by atoms with van der Waals surface area (Å²) < 4.78 is 54.4. The molecule has 1 aliphatic carbocycles. The van der Waals surface area contributed by atoms with E-state index in [-0.39, 0.29) is 18.0 Å². The summed E-state index contributed by atoms with van der Waals surface area (Å²) in [6.45, 7) is 3.88. The quantitative estimate of drug-likeness (QED) is 0.329. The Balaban J connectivity index is 2.49. The Morgan fingerprint density at radius 1 is 1.34 bits per heavy atom. The van der Waals surface area contributed by atoms with Crippen molar-refractivity contribution < 1.29 is 22.4 Å². The number of allylic oxidation sites excluding steroid dienone is 2. The van der Waals surface area contributed by atoms with Gasteiger partial charge in [0.05, 0.1) is 17.0 Å². The molecule has 0 fully saturated rings. The lowest BCUT2D eigenvalue weighted by molar-refractivity contribution is -0.120. The Hall–Kier alpha value is -2.59. The maximum Gasteiger partial charge on any atom is 0.417 e. The van der Waals surface area contributed by atoms with Crippen LogP contribution in [0.25, 0.3) is 23.4 Å². The first-order valence-electron chi connectivity index (χ1n) is 11.2. The van der Waals surface area contributed by atoms with Crippen molar-refractivity contribution in [3.05, 3.63) is 52.6 Å². The van der Waals surface area contributed by atoms with Gasteiger partial charge in [0.15, 0.2) is 0 Å². The molecular formula is C25H32F4N4OS. The molecule has 0 aliphatic heterocycles. The fourth-order valence-corrected chi connectivity index (χ4v) is 4.15. The van der Waals surface area contributed by atoms with E-state index < -0.39 is 11.7 Å². The first-order valence-corrected chi connectivity index (χ1v) is 12.6. The standard InChI is InChI=1S/C25H32F4N4OS/c1-17(25(27,28)29)24-20-9-7-10-22(31-19(15-26)12-13-33(3)16-35-4)21(20)14-18(32-24)8-5-6-11-23(34)30-2/h5,8-9,14-15,31H,1,6-7,10-13,16H2,2-4H3,(H,30,34)/b8-5+,19-15-. The zero-order valence-corrected chi connectivity index (χ0v) is 21.1. The van der Waals surface area contributed by atoms with Crippen LogP contribution in [0.1, 0.15) is 43.5 Å². The van der Waals surface area contributed by atoms with Crippen molar-refractivity contribution in [3.8, 4) is 0 Å². The number of pyridine rings is 1. The molecule has 0 bridgehead atoms. The van der Waals surface area contributed by atoms with E-state index in [1.54, 1.807) is 36.1 Å². The lowest BCUT2D eigenvalue weighted by Crippen LogP contribution is -2.39. The van der Waals surface area contributed by atoms with Crippen LogP contribution in [-0.2, 0) is 4.79 Å². The zero-order valence-electron chi connectivity index (χ0n) is 20.3. The van der Waals surface area contributed by atoms with Gasteiger partial charge in [0.2, 0.25) is 5.91 Å². The number of hydrogen-bond donors (Lipinski definition) is 2. The van der Waals surface area contributed by atoms with Gasteiger partial charge in [-0.1, -0.05) is 18.7 Å². The number of nitrogens with zero attached hydrogens (tertiary/aromatic N) is 2. The van der Waals surface area contributed by atoms with Crippen LogP contribution in [0.5, 0.6) is 0 Å². The Labute approximate surface area is 207 Å². The van der Waals surface area contributed by atoms with Crippen LogP contribution in [0.15, 0.2) is 30.7 Å². The molecule has 2 rings (SSSR count).